The SMILES string of the molecule is COC(=O)C(CN)NCc1ccc(OC)cc1OC. The van der Waals surface area contributed by atoms with E-state index >= 15 is 0 Å². The Kier molecular flexibility index (Phi) is 6.11. The summed E-state index contributed by atoms with van der Waals surface area (Å²) in [6, 6.07) is 4.95. The molecule has 0 saturated carbocycles. The van der Waals surface area contributed by atoms with E-state index in [9.17, 15) is 4.79 Å². The molecule has 0 aliphatic heterocycles. The summed E-state index contributed by atoms with van der Waals surface area (Å²) in [6.45, 7) is 0.620. The lowest BCUT2D eigenvalue weighted by atomic mass is 10.1. The molecule has 0 radical (unpaired) electrons. The van der Waals surface area contributed by atoms with Gasteiger partial charge < -0.3 is 19.9 Å². The molecule has 0 amide bonds. The molecule has 0 saturated heterocycles. The molecule has 1 aromatic rings. The molecule has 3 N–H and O–H groups in total. The minimum absolute atomic E-state index is 0.172. The van der Waals surface area contributed by atoms with Crippen molar-refractivity contribution in [2.75, 3.05) is 27.9 Å². The Morgan fingerprint density at radius 3 is 2.58 bits per heavy atom. The fraction of sp³-hybridized carbons (Fsp3) is 0.462. The van der Waals surface area contributed by atoms with Crippen LogP contribution in [0, 0.1) is 0 Å². The molecule has 6 heteroatoms. The molecular formula is C13H20N2O4. The molecule has 0 bridgehead atoms. The van der Waals surface area contributed by atoms with Crippen LogP contribution in [0.4, 0.5) is 0 Å². The van der Waals surface area contributed by atoms with Gasteiger partial charge in [-0.05, 0) is 6.07 Å². The number of hydrogen-bond acceptors (Lipinski definition) is 6. The Morgan fingerprint density at radius 1 is 1.32 bits per heavy atom. The average Bonchev–Trinajstić information content (AvgIpc) is 2.47. The Hall–Kier alpha value is -1.79. The van der Waals surface area contributed by atoms with Crippen LogP contribution >= 0.6 is 0 Å². The van der Waals surface area contributed by atoms with Gasteiger partial charge in [0.05, 0.1) is 21.3 Å². The number of benzene rings is 1. The zero-order valence-corrected chi connectivity index (χ0v) is 11.4. The van der Waals surface area contributed by atoms with Gasteiger partial charge in [-0.2, -0.15) is 0 Å². The molecule has 6 nitrogen and oxygen atoms in total. The van der Waals surface area contributed by atoms with Gasteiger partial charge in [0.1, 0.15) is 17.5 Å². The third kappa shape index (κ3) is 4.11. The van der Waals surface area contributed by atoms with Gasteiger partial charge in [-0.15, -0.1) is 0 Å². The van der Waals surface area contributed by atoms with Gasteiger partial charge in [-0.3, -0.25) is 10.1 Å². The Labute approximate surface area is 112 Å². The van der Waals surface area contributed by atoms with Crippen molar-refractivity contribution in [2.24, 2.45) is 5.73 Å². The Bertz CT molecular complexity index is 423. The highest BCUT2D eigenvalue weighted by Crippen LogP contribution is 2.24. The van der Waals surface area contributed by atoms with Gasteiger partial charge in [0.25, 0.3) is 0 Å². The molecule has 19 heavy (non-hydrogen) atoms. The molecule has 1 aromatic carbocycles. The van der Waals surface area contributed by atoms with Gasteiger partial charge in [0.2, 0.25) is 0 Å². The predicted molar refractivity (Wildman–Crippen MR) is 71.2 cm³/mol. The second kappa shape index (κ2) is 7.60. The van der Waals surface area contributed by atoms with E-state index in [4.69, 9.17) is 15.2 Å². The van der Waals surface area contributed by atoms with Gasteiger partial charge in [-0.25, -0.2) is 0 Å². The molecule has 1 rings (SSSR count). The topological polar surface area (TPSA) is 82.8 Å². The first-order valence-corrected chi connectivity index (χ1v) is 5.88. The van der Waals surface area contributed by atoms with Crippen molar-refractivity contribution in [1.82, 2.24) is 5.32 Å². The van der Waals surface area contributed by atoms with Crippen LogP contribution < -0.4 is 20.5 Å². The highest BCUT2D eigenvalue weighted by molar-refractivity contribution is 5.75. The lowest BCUT2D eigenvalue weighted by Crippen LogP contribution is -2.43. The lowest BCUT2D eigenvalue weighted by molar-refractivity contribution is -0.142. The maximum absolute atomic E-state index is 11.4. The molecule has 0 aliphatic rings. The van der Waals surface area contributed by atoms with Crippen LogP contribution in [0.1, 0.15) is 5.56 Å². The van der Waals surface area contributed by atoms with E-state index < -0.39 is 6.04 Å². The van der Waals surface area contributed by atoms with E-state index in [0.29, 0.717) is 18.0 Å². The molecule has 0 aromatic heterocycles. The standard InChI is InChI=1S/C13H20N2O4/c1-17-10-5-4-9(12(6-10)18-2)8-15-11(7-14)13(16)19-3/h4-6,11,15H,7-8,14H2,1-3H3. The van der Waals surface area contributed by atoms with E-state index in [0.717, 1.165) is 5.56 Å². The molecule has 106 valence electrons. The highest BCUT2D eigenvalue weighted by atomic mass is 16.5. The summed E-state index contributed by atoms with van der Waals surface area (Å²) < 4.78 is 15.0. The fourth-order valence-electron chi connectivity index (χ4n) is 1.64. The second-order valence-electron chi connectivity index (χ2n) is 3.87. The number of carbonyl (C=O) groups excluding carboxylic acids is 1. The number of esters is 1. The lowest BCUT2D eigenvalue weighted by Gasteiger charge is -2.16. The molecule has 0 heterocycles. The highest BCUT2D eigenvalue weighted by Gasteiger charge is 2.17. The Balaban J connectivity index is 2.73. The van der Waals surface area contributed by atoms with Crippen molar-refractivity contribution in [3.63, 3.8) is 0 Å². The van der Waals surface area contributed by atoms with Gasteiger partial charge in [0, 0.05) is 24.7 Å². The zero-order valence-electron chi connectivity index (χ0n) is 11.4. The largest absolute Gasteiger partial charge is 0.497 e. The first-order chi connectivity index (χ1) is 9.15. The quantitative estimate of drug-likeness (QED) is 0.692. The third-order valence-corrected chi connectivity index (χ3v) is 2.75. The summed E-state index contributed by atoms with van der Waals surface area (Å²) in [6.07, 6.45) is 0. The van der Waals surface area contributed by atoms with Crippen molar-refractivity contribution < 1.29 is 19.0 Å². The first kappa shape index (κ1) is 15.3. The molecule has 0 aliphatic carbocycles. The van der Waals surface area contributed by atoms with Crippen molar-refractivity contribution in [1.29, 1.82) is 0 Å². The summed E-state index contributed by atoms with van der Waals surface area (Å²) in [5.74, 6) is 1.02. The molecule has 0 fully saturated rings. The number of ether oxygens (including phenoxy) is 3. The van der Waals surface area contributed by atoms with Crippen molar-refractivity contribution in [3.8, 4) is 11.5 Å². The number of methoxy groups -OCH3 is 3. The van der Waals surface area contributed by atoms with Gasteiger partial charge in [-0.1, -0.05) is 6.07 Å². The predicted octanol–water partition coefficient (Wildman–Crippen LogP) is 0.294. The van der Waals surface area contributed by atoms with Crippen molar-refractivity contribution in [3.05, 3.63) is 23.8 Å². The summed E-state index contributed by atoms with van der Waals surface area (Å²) in [5, 5.41) is 3.03. The number of nitrogens with one attached hydrogen (secondary N) is 1. The summed E-state index contributed by atoms with van der Waals surface area (Å²) >= 11 is 0. The van der Waals surface area contributed by atoms with Crippen LogP contribution in [-0.4, -0.2) is 39.9 Å². The van der Waals surface area contributed by atoms with Crippen LogP contribution in [0.3, 0.4) is 0 Å². The van der Waals surface area contributed by atoms with E-state index in [1.54, 1.807) is 20.3 Å². The van der Waals surface area contributed by atoms with E-state index in [-0.39, 0.29) is 12.5 Å². The Morgan fingerprint density at radius 2 is 2.05 bits per heavy atom. The van der Waals surface area contributed by atoms with Crippen LogP contribution in [-0.2, 0) is 16.1 Å². The molecule has 1 atom stereocenters. The maximum Gasteiger partial charge on any atom is 0.324 e. The molecule has 0 spiro atoms. The summed E-state index contributed by atoms with van der Waals surface area (Å²) in [4.78, 5) is 11.4. The number of hydrogen-bond donors (Lipinski definition) is 2. The van der Waals surface area contributed by atoms with Crippen molar-refractivity contribution >= 4 is 5.97 Å². The monoisotopic (exact) mass is 268 g/mol. The van der Waals surface area contributed by atoms with Gasteiger partial charge >= 0.3 is 5.97 Å². The zero-order chi connectivity index (χ0) is 14.3. The number of nitrogens with two attached hydrogens (primary N) is 1. The van der Waals surface area contributed by atoms with Crippen LogP contribution in [0.15, 0.2) is 18.2 Å². The maximum atomic E-state index is 11.4. The fourth-order valence-corrected chi connectivity index (χ4v) is 1.64. The summed E-state index contributed by atoms with van der Waals surface area (Å²) in [7, 11) is 4.51. The van der Waals surface area contributed by atoms with Gasteiger partial charge in [0.15, 0.2) is 0 Å². The van der Waals surface area contributed by atoms with E-state index in [2.05, 4.69) is 10.1 Å². The van der Waals surface area contributed by atoms with Crippen LogP contribution in [0.25, 0.3) is 0 Å². The minimum atomic E-state index is -0.531. The first-order valence-electron chi connectivity index (χ1n) is 5.88. The van der Waals surface area contributed by atoms with Crippen molar-refractivity contribution in [2.45, 2.75) is 12.6 Å². The number of rotatable bonds is 7. The number of carbonyl (C=O) groups is 1. The normalized spacial score (nSPS) is 11.8. The average molecular weight is 268 g/mol. The molecular weight excluding hydrogens is 248 g/mol. The van der Waals surface area contributed by atoms with E-state index in [1.807, 2.05) is 12.1 Å². The third-order valence-electron chi connectivity index (χ3n) is 2.75. The molecule has 1 unspecified atom stereocenters. The second-order valence-corrected chi connectivity index (χ2v) is 3.87. The minimum Gasteiger partial charge on any atom is -0.497 e. The van der Waals surface area contributed by atoms with Crippen LogP contribution in [0.2, 0.25) is 0 Å². The van der Waals surface area contributed by atoms with Crippen LogP contribution in [0.5, 0.6) is 11.5 Å². The smallest absolute Gasteiger partial charge is 0.324 e. The van der Waals surface area contributed by atoms with E-state index in [1.165, 1.54) is 7.11 Å². The summed E-state index contributed by atoms with van der Waals surface area (Å²) in [5.41, 5.74) is 6.42.